The average molecular weight is 410 g/mol. The molecule has 0 radical (unpaired) electrons. The van der Waals surface area contributed by atoms with Crippen molar-refractivity contribution in [2.75, 3.05) is 24.3 Å². The number of benzene rings is 1. The van der Waals surface area contributed by atoms with Crippen LogP contribution in [0.4, 0.5) is 11.8 Å². The van der Waals surface area contributed by atoms with Gasteiger partial charge in [0.1, 0.15) is 6.61 Å². The molecule has 3 heterocycles. The molecule has 156 valence electrons. The summed E-state index contributed by atoms with van der Waals surface area (Å²) in [5.41, 5.74) is 7.60. The minimum Gasteiger partial charge on any atom is -0.457 e. The van der Waals surface area contributed by atoms with Crippen LogP contribution in [0.25, 0.3) is 11.2 Å². The normalized spacial score (nSPS) is 21.5. The summed E-state index contributed by atoms with van der Waals surface area (Å²) in [7, 11) is 0. The zero-order chi connectivity index (χ0) is 20.5. The predicted molar refractivity (Wildman–Crippen MR) is 108 cm³/mol. The topological polar surface area (TPSA) is 126 Å². The molecule has 3 N–H and O–H groups in total. The SMILES string of the molecule is Nc1nc(NC2CCC2)c2ncn(C3COC(COC(=O)c4ccccc4)O3)c2n1. The molecule has 0 spiro atoms. The molecule has 3 aromatic rings. The second-order valence-corrected chi connectivity index (χ2v) is 7.34. The van der Waals surface area contributed by atoms with E-state index in [1.54, 1.807) is 35.2 Å². The molecule has 2 atom stereocenters. The molecule has 1 saturated heterocycles. The van der Waals surface area contributed by atoms with Crippen LogP contribution in [0.2, 0.25) is 0 Å². The number of hydrogen-bond acceptors (Lipinski definition) is 9. The van der Waals surface area contributed by atoms with Gasteiger partial charge in [-0.2, -0.15) is 9.97 Å². The zero-order valence-electron chi connectivity index (χ0n) is 16.2. The standard InChI is InChI=1S/C20H22N6O4/c21-20-24-17(23-13-7-4-8-13)16-18(25-20)26(11-22-16)14-9-28-15(30-14)10-29-19(27)12-5-2-1-3-6-12/h1-3,5-6,11,13-15H,4,7-10H2,(H3,21,23,24,25). The number of nitrogens with two attached hydrogens (primary N) is 1. The largest absolute Gasteiger partial charge is 0.457 e. The number of nitrogen functional groups attached to an aromatic ring is 1. The first-order valence-electron chi connectivity index (χ1n) is 9.93. The maximum atomic E-state index is 12.1. The Morgan fingerprint density at radius 2 is 2.10 bits per heavy atom. The first-order chi connectivity index (χ1) is 14.7. The molecule has 30 heavy (non-hydrogen) atoms. The third-order valence-corrected chi connectivity index (χ3v) is 5.29. The zero-order valence-corrected chi connectivity index (χ0v) is 16.2. The fourth-order valence-corrected chi connectivity index (χ4v) is 3.47. The van der Waals surface area contributed by atoms with Crippen molar-refractivity contribution >= 4 is 28.9 Å². The van der Waals surface area contributed by atoms with Crippen molar-refractivity contribution in [3.05, 3.63) is 42.2 Å². The Kier molecular flexibility index (Phi) is 4.93. The lowest BCUT2D eigenvalue weighted by atomic mass is 9.93. The summed E-state index contributed by atoms with van der Waals surface area (Å²) in [6.07, 6.45) is 3.92. The number of esters is 1. The van der Waals surface area contributed by atoms with E-state index in [0.29, 0.717) is 28.6 Å². The van der Waals surface area contributed by atoms with Crippen LogP contribution in [0.3, 0.4) is 0 Å². The number of hydrogen-bond donors (Lipinski definition) is 2. The lowest BCUT2D eigenvalue weighted by Crippen LogP contribution is -2.27. The number of fused-ring (bicyclic) bond motifs is 1. The minimum atomic E-state index is -0.674. The highest BCUT2D eigenvalue weighted by Gasteiger charge is 2.31. The van der Waals surface area contributed by atoms with Crippen molar-refractivity contribution in [3.63, 3.8) is 0 Å². The number of ether oxygens (including phenoxy) is 3. The summed E-state index contributed by atoms with van der Waals surface area (Å²) in [5.74, 6) is 0.373. The molecule has 1 saturated carbocycles. The molecule has 2 aromatic heterocycles. The van der Waals surface area contributed by atoms with E-state index in [0.717, 1.165) is 12.8 Å². The van der Waals surface area contributed by atoms with E-state index in [1.807, 2.05) is 6.07 Å². The fraction of sp³-hybridized carbons (Fsp3) is 0.400. The lowest BCUT2D eigenvalue weighted by Gasteiger charge is -2.26. The predicted octanol–water partition coefficient (Wildman–Crippen LogP) is 2.10. The van der Waals surface area contributed by atoms with E-state index in [4.69, 9.17) is 19.9 Å². The van der Waals surface area contributed by atoms with Gasteiger partial charge in [-0.25, -0.2) is 9.78 Å². The van der Waals surface area contributed by atoms with Crippen LogP contribution in [0, 0.1) is 0 Å². The van der Waals surface area contributed by atoms with Gasteiger partial charge in [-0.1, -0.05) is 18.2 Å². The lowest BCUT2D eigenvalue weighted by molar-refractivity contribution is -0.102. The van der Waals surface area contributed by atoms with E-state index in [9.17, 15) is 4.79 Å². The number of anilines is 2. The first kappa shape index (κ1) is 18.8. The summed E-state index contributed by atoms with van der Waals surface area (Å²) in [6.45, 7) is 0.261. The van der Waals surface area contributed by atoms with Gasteiger partial charge in [-0.15, -0.1) is 0 Å². The molecule has 1 aliphatic carbocycles. The van der Waals surface area contributed by atoms with E-state index in [2.05, 4.69) is 20.3 Å². The van der Waals surface area contributed by atoms with Gasteiger partial charge < -0.3 is 25.3 Å². The highest BCUT2D eigenvalue weighted by Crippen LogP contribution is 2.30. The van der Waals surface area contributed by atoms with Crippen molar-refractivity contribution in [2.24, 2.45) is 0 Å². The van der Waals surface area contributed by atoms with Gasteiger partial charge in [-0.05, 0) is 31.4 Å². The van der Waals surface area contributed by atoms with E-state index < -0.39 is 18.5 Å². The van der Waals surface area contributed by atoms with Gasteiger partial charge in [0.15, 0.2) is 29.5 Å². The van der Waals surface area contributed by atoms with Crippen LogP contribution in [0.15, 0.2) is 36.7 Å². The first-order valence-corrected chi connectivity index (χ1v) is 9.93. The summed E-state index contributed by atoms with van der Waals surface area (Å²) < 4.78 is 18.6. The number of carbonyl (C=O) groups is 1. The molecule has 2 unspecified atom stereocenters. The van der Waals surface area contributed by atoms with Crippen molar-refractivity contribution in [3.8, 4) is 0 Å². The second-order valence-electron chi connectivity index (χ2n) is 7.34. The van der Waals surface area contributed by atoms with Gasteiger partial charge >= 0.3 is 5.97 Å². The number of nitrogens with one attached hydrogen (secondary N) is 1. The van der Waals surface area contributed by atoms with Gasteiger partial charge in [0.25, 0.3) is 0 Å². The fourth-order valence-electron chi connectivity index (χ4n) is 3.47. The van der Waals surface area contributed by atoms with E-state index in [-0.39, 0.29) is 19.2 Å². The molecule has 10 nitrogen and oxygen atoms in total. The van der Waals surface area contributed by atoms with Crippen LogP contribution in [-0.2, 0) is 14.2 Å². The Labute approximate surface area is 172 Å². The molecular weight excluding hydrogens is 388 g/mol. The molecule has 10 heteroatoms. The Hall–Kier alpha value is -3.24. The number of imidazole rings is 1. The van der Waals surface area contributed by atoms with Crippen LogP contribution >= 0.6 is 0 Å². The molecule has 2 aliphatic rings. The van der Waals surface area contributed by atoms with Gasteiger partial charge in [0, 0.05) is 6.04 Å². The molecule has 2 fully saturated rings. The van der Waals surface area contributed by atoms with Gasteiger partial charge in [0.05, 0.1) is 18.5 Å². The quantitative estimate of drug-likeness (QED) is 0.587. The Morgan fingerprint density at radius 3 is 2.87 bits per heavy atom. The molecule has 1 aliphatic heterocycles. The van der Waals surface area contributed by atoms with Gasteiger partial charge in [0.2, 0.25) is 5.95 Å². The van der Waals surface area contributed by atoms with Crippen molar-refractivity contribution in [1.82, 2.24) is 19.5 Å². The summed E-state index contributed by atoms with van der Waals surface area (Å²) >= 11 is 0. The second kappa shape index (κ2) is 7.88. The van der Waals surface area contributed by atoms with Crippen LogP contribution in [-0.4, -0.2) is 51.0 Å². The number of nitrogens with zero attached hydrogens (tertiary/aromatic N) is 4. The third kappa shape index (κ3) is 3.66. The number of aromatic nitrogens is 4. The third-order valence-electron chi connectivity index (χ3n) is 5.29. The highest BCUT2D eigenvalue weighted by molar-refractivity contribution is 5.89. The van der Waals surface area contributed by atoms with Crippen molar-refractivity contribution in [1.29, 1.82) is 0 Å². The van der Waals surface area contributed by atoms with Crippen molar-refractivity contribution < 1.29 is 19.0 Å². The molecule has 0 amide bonds. The maximum absolute atomic E-state index is 12.1. The Morgan fingerprint density at radius 1 is 1.27 bits per heavy atom. The average Bonchev–Trinajstić information content (AvgIpc) is 3.36. The molecular formula is C20H22N6O4. The van der Waals surface area contributed by atoms with Crippen LogP contribution < -0.4 is 11.1 Å². The summed E-state index contributed by atoms with van der Waals surface area (Å²) in [6, 6.07) is 9.17. The molecule has 5 rings (SSSR count). The van der Waals surface area contributed by atoms with Gasteiger partial charge in [-0.3, -0.25) is 4.57 Å². The monoisotopic (exact) mass is 410 g/mol. The highest BCUT2D eigenvalue weighted by atomic mass is 16.7. The minimum absolute atomic E-state index is 0.0114. The molecule has 1 aromatic carbocycles. The van der Waals surface area contributed by atoms with Crippen molar-refractivity contribution in [2.45, 2.75) is 37.8 Å². The number of rotatable bonds is 6. The summed E-state index contributed by atoms with van der Waals surface area (Å²) in [5, 5.41) is 3.39. The Balaban J connectivity index is 1.26. The Bertz CT molecular complexity index is 1050. The van der Waals surface area contributed by atoms with Crippen LogP contribution in [0.1, 0.15) is 35.8 Å². The van der Waals surface area contributed by atoms with Crippen LogP contribution in [0.5, 0.6) is 0 Å². The maximum Gasteiger partial charge on any atom is 0.338 e. The molecule has 0 bridgehead atoms. The summed E-state index contributed by atoms with van der Waals surface area (Å²) in [4.78, 5) is 25.2. The van der Waals surface area contributed by atoms with E-state index in [1.165, 1.54) is 6.42 Å². The number of carbonyl (C=O) groups excluding carboxylic acids is 1. The smallest absolute Gasteiger partial charge is 0.338 e. The van der Waals surface area contributed by atoms with E-state index >= 15 is 0 Å².